The molecule has 3 N–H and O–H groups in total. The Morgan fingerprint density at radius 2 is 1.91 bits per heavy atom. The van der Waals surface area contributed by atoms with Crippen LogP contribution in [0.4, 0.5) is 0 Å². The first kappa shape index (κ1) is 23.3. The Kier molecular flexibility index (Phi) is 7.53. The van der Waals surface area contributed by atoms with Gasteiger partial charge in [-0.1, -0.05) is 13.0 Å². The van der Waals surface area contributed by atoms with E-state index in [1.54, 1.807) is 43.3 Å². The molecule has 0 spiro atoms. The highest BCUT2D eigenvalue weighted by molar-refractivity contribution is 7.99. The van der Waals surface area contributed by atoms with Crippen molar-refractivity contribution in [1.29, 1.82) is 5.41 Å². The molecule has 0 aliphatic carbocycles. The van der Waals surface area contributed by atoms with Gasteiger partial charge in [0.1, 0.15) is 11.6 Å². The first-order chi connectivity index (χ1) is 15.3. The first-order valence-corrected chi connectivity index (χ1v) is 11.2. The van der Waals surface area contributed by atoms with Gasteiger partial charge in [-0.15, -0.1) is 11.8 Å². The van der Waals surface area contributed by atoms with Crippen LogP contribution in [0.3, 0.4) is 0 Å². The van der Waals surface area contributed by atoms with E-state index in [1.165, 1.54) is 16.7 Å². The van der Waals surface area contributed by atoms with Crippen LogP contribution in [0.1, 0.15) is 45.7 Å². The third kappa shape index (κ3) is 5.28. The van der Waals surface area contributed by atoms with E-state index in [0.29, 0.717) is 29.0 Å². The number of esters is 1. The molecule has 1 aliphatic heterocycles. The van der Waals surface area contributed by atoms with Gasteiger partial charge in [0.2, 0.25) is 0 Å². The normalized spacial score (nSPS) is 12.4. The Morgan fingerprint density at radius 1 is 1.16 bits per heavy atom. The molecule has 2 aromatic rings. The second-order valence-corrected chi connectivity index (χ2v) is 8.36. The van der Waals surface area contributed by atoms with E-state index in [1.807, 2.05) is 6.92 Å². The standard InChI is InChI=1S/C23H25N3O5S/c1-3-30-21(28)13-31-19-8-6-14(10-20(19)32-4-2)18(27)12-26-11-16-9-15(22(24)25)5-7-17(16)23(26)29/h5-10H,3-4,11-13H2,1-2H3,(H3,24,25). The van der Waals surface area contributed by atoms with Gasteiger partial charge in [0, 0.05) is 23.2 Å². The highest BCUT2D eigenvalue weighted by Gasteiger charge is 2.29. The number of Topliss-reactive ketones (excluding diaryl/α,β-unsaturated/α-hetero) is 1. The van der Waals surface area contributed by atoms with Gasteiger partial charge in [-0.2, -0.15) is 0 Å². The molecule has 0 unspecified atom stereocenters. The average molecular weight is 456 g/mol. The number of rotatable bonds is 10. The fraction of sp³-hybridized carbons (Fsp3) is 0.304. The number of ketones is 1. The van der Waals surface area contributed by atoms with Crippen LogP contribution < -0.4 is 10.5 Å². The summed E-state index contributed by atoms with van der Waals surface area (Å²) in [5.41, 5.74) is 7.80. The Balaban J connectivity index is 1.72. The monoisotopic (exact) mass is 455 g/mol. The van der Waals surface area contributed by atoms with Gasteiger partial charge in [-0.3, -0.25) is 15.0 Å². The number of nitrogen functional groups attached to an aromatic ring is 1. The maximum absolute atomic E-state index is 12.9. The predicted molar refractivity (Wildman–Crippen MR) is 121 cm³/mol. The summed E-state index contributed by atoms with van der Waals surface area (Å²) in [4.78, 5) is 39.4. The summed E-state index contributed by atoms with van der Waals surface area (Å²) in [5.74, 6) is 0.309. The van der Waals surface area contributed by atoms with Crippen molar-refractivity contribution in [1.82, 2.24) is 4.90 Å². The van der Waals surface area contributed by atoms with Crippen LogP contribution >= 0.6 is 11.8 Å². The van der Waals surface area contributed by atoms with Crippen LogP contribution in [0.15, 0.2) is 41.3 Å². The summed E-state index contributed by atoms with van der Waals surface area (Å²) >= 11 is 1.49. The van der Waals surface area contributed by atoms with Crippen LogP contribution in [0.5, 0.6) is 5.75 Å². The third-order valence-electron chi connectivity index (χ3n) is 4.85. The quantitative estimate of drug-likeness (QED) is 0.186. The maximum Gasteiger partial charge on any atom is 0.344 e. The molecule has 168 valence electrons. The van der Waals surface area contributed by atoms with Crippen molar-refractivity contribution in [3.8, 4) is 5.75 Å². The molecule has 0 fully saturated rings. The summed E-state index contributed by atoms with van der Waals surface area (Å²) < 4.78 is 10.4. The lowest BCUT2D eigenvalue weighted by Gasteiger charge is -2.16. The number of nitrogens with zero attached hydrogens (tertiary/aromatic N) is 1. The summed E-state index contributed by atoms with van der Waals surface area (Å²) in [6.45, 7) is 4.00. The molecule has 0 saturated heterocycles. The van der Waals surface area contributed by atoms with Crippen molar-refractivity contribution in [2.24, 2.45) is 5.73 Å². The summed E-state index contributed by atoms with van der Waals surface area (Å²) in [6, 6.07) is 10.00. The zero-order valence-electron chi connectivity index (χ0n) is 18.0. The van der Waals surface area contributed by atoms with E-state index < -0.39 is 5.97 Å². The van der Waals surface area contributed by atoms with Crippen LogP contribution in [-0.2, 0) is 16.1 Å². The molecule has 3 rings (SSSR count). The van der Waals surface area contributed by atoms with Crippen molar-refractivity contribution in [2.45, 2.75) is 25.3 Å². The Hall–Kier alpha value is -3.33. The van der Waals surface area contributed by atoms with Crippen molar-refractivity contribution in [3.05, 3.63) is 58.7 Å². The average Bonchev–Trinajstić information content (AvgIpc) is 3.07. The fourth-order valence-electron chi connectivity index (χ4n) is 3.35. The smallest absolute Gasteiger partial charge is 0.344 e. The molecular formula is C23H25N3O5S. The molecule has 1 heterocycles. The van der Waals surface area contributed by atoms with Gasteiger partial charge < -0.3 is 20.1 Å². The number of nitrogens with one attached hydrogen (secondary N) is 1. The second kappa shape index (κ2) is 10.3. The third-order valence-corrected chi connectivity index (χ3v) is 5.76. The lowest BCUT2D eigenvalue weighted by molar-refractivity contribution is -0.145. The van der Waals surface area contributed by atoms with Crippen LogP contribution in [0, 0.1) is 5.41 Å². The van der Waals surface area contributed by atoms with Gasteiger partial charge in [-0.25, -0.2) is 4.79 Å². The van der Waals surface area contributed by atoms with E-state index in [4.69, 9.17) is 20.6 Å². The van der Waals surface area contributed by atoms with Crippen LogP contribution in [0.25, 0.3) is 0 Å². The van der Waals surface area contributed by atoms with E-state index in [2.05, 4.69) is 0 Å². The zero-order chi connectivity index (χ0) is 23.3. The molecule has 32 heavy (non-hydrogen) atoms. The van der Waals surface area contributed by atoms with Crippen molar-refractivity contribution in [2.75, 3.05) is 25.5 Å². The number of amides is 1. The Labute approximate surface area is 190 Å². The van der Waals surface area contributed by atoms with E-state index in [-0.39, 0.29) is 37.3 Å². The molecule has 0 atom stereocenters. The van der Waals surface area contributed by atoms with Crippen LogP contribution in [0.2, 0.25) is 0 Å². The number of hydrogen-bond acceptors (Lipinski definition) is 7. The molecule has 2 aromatic carbocycles. The highest BCUT2D eigenvalue weighted by atomic mass is 32.2. The van der Waals surface area contributed by atoms with Crippen molar-refractivity contribution >= 4 is 35.3 Å². The summed E-state index contributed by atoms with van der Waals surface area (Å²) in [7, 11) is 0. The number of amidine groups is 1. The number of ether oxygens (including phenoxy) is 2. The Morgan fingerprint density at radius 3 is 2.59 bits per heavy atom. The van der Waals surface area contributed by atoms with Gasteiger partial charge in [0.25, 0.3) is 5.91 Å². The zero-order valence-corrected chi connectivity index (χ0v) is 18.8. The summed E-state index contributed by atoms with van der Waals surface area (Å²) in [6.07, 6.45) is 0. The Bertz CT molecular complexity index is 1070. The molecule has 8 nitrogen and oxygen atoms in total. The molecule has 9 heteroatoms. The van der Waals surface area contributed by atoms with E-state index in [9.17, 15) is 14.4 Å². The molecule has 0 aromatic heterocycles. The molecule has 1 amide bonds. The predicted octanol–water partition coefficient (Wildman–Crippen LogP) is 2.86. The fourth-order valence-corrected chi connectivity index (χ4v) is 4.14. The van der Waals surface area contributed by atoms with Gasteiger partial charge in [0.05, 0.1) is 18.0 Å². The van der Waals surface area contributed by atoms with Crippen LogP contribution in [-0.4, -0.2) is 53.9 Å². The van der Waals surface area contributed by atoms with Crippen molar-refractivity contribution in [3.63, 3.8) is 0 Å². The van der Waals surface area contributed by atoms with Gasteiger partial charge in [-0.05, 0) is 48.6 Å². The molecule has 1 aliphatic rings. The molecule has 0 radical (unpaired) electrons. The summed E-state index contributed by atoms with van der Waals surface area (Å²) in [5, 5.41) is 7.56. The molecule has 0 bridgehead atoms. The number of thioether (sulfide) groups is 1. The largest absolute Gasteiger partial charge is 0.481 e. The minimum Gasteiger partial charge on any atom is -0.481 e. The van der Waals surface area contributed by atoms with E-state index in [0.717, 1.165) is 16.2 Å². The molecule has 0 saturated carbocycles. The SMILES string of the molecule is CCOC(=O)COc1ccc(C(=O)CN2Cc3cc(C(=N)N)ccc3C2=O)cc1SCC. The lowest BCUT2D eigenvalue weighted by Crippen LogP contribution is -2.30. The first-order valence-electron chi connectivity index (χ1n) is 10.2. The molecular weight excluding hydrogens is 430 g/mol. The minimum absolute atomic E-state index is 0.0673. The maximum atomic E-state index is 12.9. The second-order valence-electron chi connectivity index (χ2n) is 7.06. The number of carbonyl (C=O) groups is 3. The van der Waals surface area contributed by atoms with Gasteiger partial charge in [0.15, 0.2) is 12.4 Å². The number of hydrogen-bond donors (Lipinski definition) is 2. The number of carbonyl (C=O) groups excluding carboxylic acids is 3. The van der Waals surface area contributed by atoms with Gasteiger partial charge >= 0.3 is 5.97 Å². The highest BCUT2D eigenvalue weighted by Crippen LogP contribution is 2.31. The topological polar surface area (TPSA) is 123 Å². The van der Waals surface area contributed by atoms with Crippen molar-refractivity contribution < 1.29 is 23.9 Å². The van der Waals surface area contributed by atoms with E-state index >= 15 is 0 Å². The number of benzene rings is 2. The number of nitrogens with two attached hydrogens (primary N) is 1. The minimum atomic E-state index is -0.458. The lowest BCUT2D eigenvalue weighted by atomic mass is 10.1. The number of fused-ring (bicyclic) bond motifs is 1.